The number of carbonyl (C=O) groups excluding carboxylic acids is 2. The molecule has 0 aromatic heterocycles. The quantitative estimate of drug-likeness (QED) is 0.437. The van der Waals surface area contributed by atoms with Crippen LogP contribution in [-0.4, -0.2) is 29.3 Å². The topological polar surface area (TPSA) is 49.4 Å². The first kappa shape index (κ1) is 24.7. The first-order chi connectivity index (χ1) is 15.9. The zero-order chi connectivity index (χ0) is 23.8. The lowest BCUT2D eigenvalue weighted by atomic mass is 10.0. The SMILES string of the molecule is CCNC(=O)[C@@H](Cc1ccccc1)N(Cc1ccccc1F)C(=O)Cc1c(Cl)cccc1Cl. The molecule has 0 unspecified atom stereocenters. The van der Waals surface area contributed by atoms with E-state index >= 15 is 0 Å². The van der Waals surface area contributed by atoms with Crippen LogP contribution in [0.25, 0.3) is 0 Å². The number of halogens is 3. The zero-order valence-corrected chi connectivity index (χ0v) is 19.7. The van der Waals surface area contributed by atoms with Gasteiger partial charge in [-0.05, 0) is 36.2 Å². The van der Waals surface area contributed by atoms with Crippen LogP contribution in [0.1, 0.15) is 23.6 Å². The van der Waals surface area contributed by atoms with Gasteiger partial charge in [-0.25, -0.2) is 4.39 Å². The summed E-state index contributed by atoms with van der Waals surface area (Å²) in [6.45, 7) is 2.15. The van der Waals surface area contributed by atoms with Crippen molar-refractivity contribution >= 4 is 35.0 Å². The summed E-state index contributed by atoms with van der Waals surface area (Å²) >= 11 is 12.6. The van der Waals surface area contributed by atoms with Gasteiger partial charge in [0.15, 0.2) is 0 Å². The standard InChI is InChI=1S/C26H25Cl2FN2O2/c1-2-30-26(33)24(15-18-9-4-3-5-10-18)31(17-19-11-6-7-14-23(19)29)25(32)16-20-21(27)12-8-13-22(20)28/h3-14,24H,2,15-17H2,1H3,(H,30,33)/t24-/m1/s1. The summed E-state index contributed by atoms with van der Waals surface area (Å²) in [5.41, 5.74) is 1.67. The number of carbonyl (C=O) groups is 2. The normalized spacial score (nSPS) is 11.6. The van der Waals surface area contributed by atoms with Gasteiger partial charge >= 0.3 is 0 Å². The molecule has 0 aliphatic heterocycles. The first-order valence-corrected chi connectivity index (χ1v) is 11.4. The molecule has 0 bridgehead atoms. The van der Waals surface area contributed by atoms with Gasteiger partial charge in [-0.3, -0.25) is 9.59 Å². The molecular formula is C26H25Cl2FN2O2. The summed E-state index contributed by atoms with van der Waals surface area (Å²) in [6, 6.07) is 19.8. The van der Waals surface area contributed by atoms with Gasteiger partial charge in [0.25, 0.3) is 0 Å². The molecule has 3 rings (SSSR count). The van der Waals surface area contributed by atoms with Crippen LogP contribution in [0, 0.1) is 5.82 Å². The summed E-state index contributed by atoms with van der Waals surface area (Å²) in [7, 11) is 0. The van der Waals surface area contributed by atoms with Crippen molar-refractivity contribution in [3.63, 3.8) is 0 Å². The Balaban J connectivity index is 2.01. The number of hydrogen-bond acceptors (Lipinski definition) is 2. The van der Waals surface area contributed by atoms with Crippen molar-refractivity contribution in [1.29, 1.82) is 0 Å². The van der Waals surface area contributed by atoms with Crippen LogP contribution < -0.4 is 5.32 Å². The summed E-state index contributed by atoms with van der Waals surface area (Å²) in [5.74, 6) is -1.13. The molecule has 7 heteroatoms. The second-order valence-corrected chi connectivity index (χ2v) is 8.40. The van der Waals surface area contributed by atoms with Gasteiger partial charge in [0, 0.05) is 35.1 Å². The number of nitrogens with zero attached hydrogens (tertiary/aromatic N) is 1. The van der Waals surface area contributed by atoms with Gasteiger partial charge in [-0.2, -0.15) is 0 Å². The number of hydrogen-bond donors (Lipinski definition) is 1. The first-order valence-electron chi connectivity index (χ1n) is 10.7. The molecule has 0 spiro atoms. The molecule has 1 atom stereocenters. The molecule has 0 fully saturated rings. The number of rotatable bonds is 9. The average molecular weight is 487 g/mol. The van der Waals surface area contributed by atoms with Crippen molar-refractivity contribution in [2.24, 2.45) is 0 Å². The highest BCUT2D eigenvalue weighted by Crippen LogP contribution is 2.26. The molecule has 4 nitrogen and oxygen atoms in total. The highest BCUT2D eigenvalue weighted by atomic mass is 35.5. The van der Waals surface area contributed by atoms with E-state index in [0.29, 0.717) is 27.7 Å². The van der Waals surface area contributed by atoms with Gasteiger partial charge < -0.3 is 10.2 Å². The summed E-state index contributed by atoms with van der Waals surface area (Å²) in [6.07, 6.45) is 0.167. The third kappa shape index (κ3) is 6.56. The molecule has 1 N–H and O–H groups in total. The van der Waals surface area contributed by atoms with Crippen LogP contribution in [0.2, 0.25) is 10.0 Å². The lowest BCUT2D eigenvalue weighted by Gasteiger charge is -2.32. The van der Waals surface area contributed by atoms with Crippen molar-refractivity contribution in [2.45, 2.75) is 32.4 Å². The largest absolute Gasteiger partial charge is 0.355 e. The molecule has 172 valence electrons. The molecule has 0 saturated heterocycles. The monoisotopic (exact) mass is 486 g/mol. The number of benzene rings is 3. The highest BCUT2D eigenvalue weighted by Gasteiger charge is 2.31. The zero-order valence-electron chi connectivity index (χ0n) is 18.2. The van der Waals surface area contributed by atoms with Crippen LogP contribution in [-0.2, 0) is 29.0 Å². The van der Waals surface area contributed by atoms with E-state index < -0.39 is 11.9 Å². The molecule has 3 aromatic carbocycles. The fourth-order valence-electron chi connectivity index (χ4n) is 3.61. The predicted molar refractivity (Wildman–Crippen MR) is 130 cm³/mol. The second-order valence-electron chi connectivity index (χ2n) is 7.59. The van der Waals surface area contributed by atoms with E-state index in [1.165, 1.54) is 11.0 Å². The number of likely N-dealkylation sites (N-methyl/N-ethyl adjacent to an activating group) is 1. The maximum absolute atomic E-state index is 14.5. The van der Waals surface area contributed by atoms with Crippen molar-refractivity contribution in [2.75, 3.05) is 6.54 Å². The van der Waals surface area contributed by atoms with E-state index in [4.69, 9.17) is 23.2 Å². The predicted octanol–water partition coefficient (Wildman–Crippen LogP) is 5.45. The van der Waals surface area contributed by atoms with Gasteiger partial charge in [0.1, 0.15) is 11.9 Å². The third-order valence-electron chi connectivity index (χ3n) is 5.31. The number of amides is 2. The Kier molecular flexibility index (Phi) is 8.87. The van der Waals surface area contributed by atoms with Crippen molar-refractivity contribution in [3.05, 3.63) is 105 Å². The molecule has 0 saturated carbocycles. The molecule has 0 aliphatic carbocycles. The molecule has 0 radical (unpaired) electrons. The Morgan fingerprint density at radius 1 is 0.939 bits per heavy atom. The Morgan fingerprint density at radius 3 is 2.21 bits per heavy atom. The van der Waals surface area contributed by atoms with Crippen LogP contribution in [0.3, 0.4) is 0 Å². The Hall–Kier alpha value is -2.89. The van der Waals surface area contributed by atoms with Crippen LogP contribution in [0.15, 0.2) is 72.8 Å². The van der Waals surface area contributed by atoms with E-state index in [2.05, 4.69) is 5.32 Å². The van der Waals surface area contributed by atoms with Crippen LogP contribution in [0.5, 0.6) is 0 Å². The van der Waals surface area contributed by atoms with E-state index in [1.807, 2.05) is 37.3 Å². The van der Waals surface area contributed by atoms with Gasteiger partial charge in [-0.15, -0.1) is 0 Å². The highest BCUT2D eigenvalue weighted by molar-refractivity contribution is 6.36. The summed E-state index contributed by atoms with van der Waals surface area (Å²) < 4.78 is 14.5. The molecule has 2 amide bonds. The summed E-state index contributed by atoms with van der Waals surface area (Å²) in [4.78, 5) is 28.1. The minimum atomic E-state index is -0.847. The molecule has 0 aliphatic rings. The molecule has 3 aromatic rings. The fourth-order valence-corrected chi connectivity index (χ4v) is 4.14. The van der Waals surface area contributed by atoms with E-state index in [1.54, 1.807) is 36.4 Å². The maximum Gasteiger partial charge on any atom is 0.243 e. The van der Waals surface area contributed by atoms with Gasteiger partial charge in [-0.1, -0.05) is 77.8 Å². The van der Waals surface area contributed by atoms with Crippen molar-refractivity contribution < 1.29 is 14.0 Å². The Bertz CT molecular complexity index is 1090. The van der Waals surface area contributed by atoms with Crippen molar-refractivity contribution in [3.8, 4) is 0 Å². The van der Waals surface area contributed by atoms with E-state index in [9.17, 15) is 14.0 Å². The van der Waals surface area contributed by atoms with Crippen LogP contribution in [0.4, 0.5) is 4.39 Å². The minimum absolute atomic E-state index is 0.0672. The maximum atomic E-state index is 14.5. The molecular weight excluding hydrogens is 462 g/mol. The van der Waals surface area contributed by atoms with Crippen molar-refractivity contribution in [1.82, 2.24) is 10.2 Å². The van der Waals surface area contributed by atoms with Crippen LogP contribution >= 0.6 is 23.2 Å². The lowest BCUT2D eigenvalue weighted by molar-refractivity contribution is -0.140. The molecule has 0 heterocycles. The van der Waals surface area contributed by atoms with E-state index in [0.717, 1.165) is 5.56 Å². The fraction of sp³-hybridized carbons (Fsp3) is 0.231. The second kappa shape index (κ2) is 11.8. The lowest BCUT2D eigenvalue weighted by Crippen LogP contribution is -2.51. The summed E-state index contributed by atoms with van der Waals surface area (Å²) in [5, 5.41) is 3.53. The van der Waals surface area contributed by atoms with Gasteiger partial charge in [0.05, 0.1) is 6.42 Å². The van der Waals surface area contributed by atoms with Gasteiger partial charge in [0.2, 0.25) is 11.8 Å². The average Bonchev–Trinajstić information content (AvgIpc) is 2.80. The third-order valence-corrected chi connectivity index (χ3v) is 6.02. The number of nitrogens with one attached hydrogen (secondary N) is 1. The molecule has 33 heavy (non-hydrogen) atoms. The Labute approximate surface area is 203 Å². The Morgan fingerprint density at radius 2 is 1.58 bits per heavy atom. The van der Waals surface area contributed by atoms with E-state index in [-0.39, 0.29) is 31.2 Å². The smallest absolute Gasteiger partial charge is 0.243 e. The minimum Gasteiger partial charge on any atom is -0.355 e.